The Balaban J connectivity index is 1.08. The number of aromatic nitrogens is 1. The first-order valence-electron chi connectivity index (χ1n) is 13.7. The van der Waals surface area contributed by atoms with Crippen LogP contribution in [-0.4, -0.2) is 47.6 Å². The Morgan fingerprint density at radius 1 is 1.00 bits per heavy atom. The van der Waals surface area contributed by atoms with E-state index in [-0.39, 0.29) is 12.5 Å². The van der Waals surface area contributed by atoms with Crippen LogP contribution in [0.1, 0.15) is 44.1 Å². The number of rotatable bonds is 10. The molecule has 1 saturated heterocycles. The van der Waals surface area contributed by atoms with E-state index in [2.05, 4.69) is 34.5 Å². The number of thiazole rings is 1. The van der Waals surface area contributed by atoms with Gasteiger partial charge >= 0.3 is 6.09 Å². The minimum atomic E-state index is -0.549. The number of likely N-dealkylation sites (tertiary alicyclic amines) is 1. The summed E-state index contributed by atoms with van der Waals surface area (Å²) >= 11 is 1.41. The Morgan fingerprint density at radius 3 is 2.50 bits per heavy atom. The highest BCUT2D eigenvalue weighted by Crippen LogP contribution is 2.37. The van der Waals surface area contributed by atoms with E-state index in [1.54, 1.807) is 0 Å². The summed E-state index contributed by atoms with van der Waals surface area (Å²) in [4.78, 5) is 34.6. The van der Waals surface area contributed by atoms with Gasteiger partial charge in [0.05, 0.1) is 5.69 Å². The Bertz CT molecular complexity index is 1260. The number of hydrogen-bond donors (Lipinski definition) is 1. The van der Waals surface area contributed by atoms with Crippen LogP contribution in [0.5, 0.6) is 0 Å². The average molecular weight is 531 g/mol. The number of carbonyl (C=O) groups excluding carboxylic acids is 2. The van der Waals surface area contributed by atoms with Gasteiger partial charge in [0.2, 0.25) is 5.91 Å². The van der Waals surface area contributed by atoms with Crippen LogP contribution in [0.15, 0.2) is 60.0 Å². The number of amides is 2. The first kappa shape index (κ1) is 24.9. The van der Waals surface area contributed by atoms with Crippen molar-refractivity contribution in [1.82, 2.24) is 9.88 Å². The monoisotopic (exact) mass is 530 g/mol. The van der Waals surface area contributed by atoms with Gasteiger partial charge in [-0.15, -0.1) is 11.3 Å². The van der Waals surface area contributed by atoms with Crippen molar-refractivity contribution in [3.05, 3.63) is 65.5 Å². The molecule has 0 spiro atoms. The van der Waals surface area contributed by atoms with E-state index in [0.29, 0.717) is 18.1 Å². The molecule has 7 nitrogen and oxygen atoms in total. The molecule has 38 heavy (non-hydrogen) atoms. The molecule has 1 aliphatic heterocycles. The summed E-state index contributed by atoms with van der Waals surface area (Å²) in [6.07, 6.45) is 6.32. The molecule has 1 N–H and O–H groups in total. The molecule has 6 rings (SSSR count). The second kappa shape index (κ2) is 11.2. The molecule has 2 aromatic carbocycles. The third kappa shape index (κ3) is 6.18. The first-order chi connectivity index (χ1) is 18.6. The summed E-state index contributed by atoms with van der Waals surface area (Å²) in [6.45, 7) is 2.99. The summed E-state index contributed by atoms with van der Waals surface area (Å²) in [5.74, 6) is 1.46. The molecule has 3 fully saturated rings. The van der Waals surface area contributed by atoms with E-state index in [1.165, 1.54) is 47.6 Å². The maximum absolute atomic E-state index is 13.1. The van der Waals surface area contributed by atoms with Crippen LogP contribution in [0, 0.1) is 11.8 Å². The van der Waals surface area contributed by atoms with Gasteiger partial charge in [-0.25, -0.2) is 9.78 Å². The van der Waals surface area contributed by atoms with Crippen LogP contribution in [0.4, 0.5) is 15.6 Å². The van der Waals surface area contributed by atoms with Crippen LogP contribution < -0.4 is 10.2 Å². The summed E-state index contributed by atoms with van der Waals surface area (Å²) in [5.41, 5.74) is 4.09. The molecule has 1 unspecified atom stereocenters. The normalized spacial score (nSPS) is 18.8. The summed E-state index contributed by atoms with van der Waals surface area (Å²) in [5, 5.41) is 5.48. The van der Waals surface area contributed by atoms with Gasteiger partial charge in [-0.2, -0.15) is 0 Å². The standard InChI is InChI=1S/C30H34N4O3S/c35-28(27-10-5-15-34(27)30(36)37-19-23-6-2-1-3-7-23)32-29-31-26(20-38-29)24-8-4-9-25(16-24)33(17-21-11-12-21)18-22-13-14-22/h1-4,6-9,16,20-22,27H,5,10-15,17-19H2,(H,31,32,35). The number of carbonyl (C=O) groups is 2. The number of benzene rings is 2. The Morgan fingerprint density at radius 2 is 1.76 bits per heavy atom. The maximum Gasteiger partial charge on any atom is 0.410 e. The van der Waals surface area contributed by atoms with Gasteiger partial charge in [0.1, 0.15) is 12.6 Å². The Kier molecular flexibility index (Phi) is 7.31. The number of hydrogen-bond acceptors (Lipinski definition) is 6. The van der Waals surface area contributed by atoms with Gasteiger partial charge in [0.15, 0.2) is 5.13 Å². The second-order valence-corrected chi connectivity index (χ2v) is 11.6. The van der Waals surface area contributed by atoms with Gasteiger partial charge in [-0.1, -0.05) is 42.5 Å². The number of ether oxygens (including phenoxy) is 1. The van der Waals surface area contributed by atoms with Crippen LogP contribution in [-0.2, 0) is 16.1 Å². The lowest BCUT2D eigenvalue weighted by Crippen LogP contribution is -2.43. The highest BCUT2D eigenvalue weighted by Gasteiger charge is 2.35. The fraction of sp³-hybridized carbons (Fsp3) is 0.433. The molecule has 0 radical (unpaired) electrons. The van der Waals surface area contributed by atoms with Gasteiger partial charge < -0.3 is 15.0 Å². The average Bonchev–Trinajstić information content (AvgIpc) is 3.85. The molecular weight excluding hydrogens is 496 g/mol. The SMILES string of the molecule is O=C(Nc1nc(-c2cccc(N(CC3CC3)CC3CC3)c2)cs1)C1CCCN1C(=O)OCc1ccccc1. The quantitative estimate of drug-likeness (QED) is 0.339. The van der Waals surface area contributed by atoms with Crippen molar-refractivity contribution in [1.29, 1.82) is 0 Å². The molecule has 3 aromatic rings. The Hall–Kier alpha value is -3.39. The van der Waals surface area contributed by atoms with E-state index in [4.69, 9.17) is 9.72 Å². The van der Waals surface area contributed by atoms with E-state index >= 15 is 0 Å². The minimum Gasteiger partial charge on any atom is -0.445 e. The molecule has 8 heteroatoms. The highest BCUT2D eigenvalue weighted by molar-refractivity contribution is 7.14. The molecule has 2 heterocycles. The third-order valence-electron chi connectivity index (χ3n) is 7.59. The molecule has 0 bridgehead atoms. The molecule has 198 valence electrons. The van der Waals surface area contributed by atoms with Crippen LogP contribution in [0.3, 0.4) is 0 Å². The minimum absolute atomic E-state index is 0.193. The predicted octanol–water partition coefficient (Wildman–Crippen LogP) is 6.18. The van der Waals surface area contributed by atoms with Crippen molar-refractivity contribution < 1.29 is 14.3 Å². The number of nitrogens with zero attached hydrogens (tertiary/aromatic N) is 3. The van der Waals surface area contributed by atoms with Crippen LogP contribution in [0.2, 0.25) is 0 Å². The molecule has 3 aliphatic rings. The van der Waals surface area contributed by atoms with Crippen molar-refractivity contribution >= 4 is 34.2 Å². The summed E-state index contributed by atoms with van der Waals surface area (Å²) < 4.78 is 5.48. The molecule has 2 aliphatic carbocycles. The van der Waals surface area contributed by atoms with Crippen LogP contribution >= 0.6 is 11.3 Å². The predicted molar refractivity (Wildman–Crippen MR) is 150 cm³/mol. The topological polar surface area (TPSA) is 74.8 Å². The molecule has 2 saturated carbocycles. The number of anilines is 2. The van der Waals surface area contributed by atoms with Gasteiger partial charge in [0.25, 0.3) is 0 Å². The van der Waals surface area contributed by atoms with Crippen molar-refractivity contribution in [3.63, 3.8) is 0 Å². The second-order valence-electron chi connectivity index (χ2n) is 10.8. The smallest absolute Gasteiger partial charge is 0.410 e. The zero-order valence-electron chi connectivity index (χ0n) is 21.6. The zero-order valence-corrected chi connectivity index (χ0v) is 22.4. The third-order valence-corrected chi connectivity index (χ3v) is 8.35. The van der Waals surface area contributed by atoms with Crippen LogP contribution in [0.25, 0.3) is 11.3 Å². The lowest BCUT2D eigenvalue weighted by molar-refractivity contribution is -0.120. The largest absolute Gasteiger partial charge is 0.445 e. The fourth-order valence-electron chi connectivity index (χ4n) is 5.08. The lowest BCUT2D eigenvalue weighted by atomic mass is 10.1. The van der Waals surface area contributed by atoms with Crippen molar-refractivity contribution in [3.8, 4) is 11.3 Å². The number of nitrogens with one attached hydrogen (secondary N) is 1. The van der Waals surface area contributed by atoms with Crippen molar-refractivity contribution in [2.24, 2.45) is 11.8 Å². The van der Waals surface area contributed by atoms with Crippen molar-refractivity contribution in [2.75, 3.05) is 29.9 Å². The highest BCUT2D eigenvalue weighted by atomic mass is 32.1. The Labute approximate surface area is 227 Å². The molecule has 2 amide bonds. The summed E-state index contributed by atoms with van der Waals surface area (Å²) in [7, 11) is 0. The van der Waals surface area contributed by atoms with Crippen molar-refractivity contribution in [2.45, 2.75) is 51.2 Å². The van der Waals surface area contributed by atoms with Gasteiger partial charge in [0, 0.05) is 36.3 Å². The van der Waals surface area contributed by atoms with E-state index in [1.807, 2.05) is 35.7 Å². The molecular formula is C30H34N4O3S. The fourth-order valence-corrected chi connectivity index (χ4v) is 5.81. The molecule has 1 atom stereocenters. The van der Waals surface area contributed by atoms with E-state index in [9.17, 15) is 9.59 Å². The van der Waals surface area contributed by atoms with Gasteiger partial charge in [-0.05, 0) is 68.1 Å². The first-order valence-corrected chi connectivity index (χ1v) is 14.6. The zero-order chi connectivity index (χ0) is 25.9. The van der Waals surface area contributed by atoms with E-state index < -0.39 is 12.1 Å². The maximum atomic E-state index is 13.1. The van der Waals surface area contributed by atoms with E-state index in [0.717, 1.165) is 48.2 Å². The lowest BCUT2D eigenvalue weighted by Gasteiger charge is -2.25. The molecule has 1 aromatic heterocycles. The van der Waals surface area contributed by atoms with Gasteiger partial charge in [-0.3, -0.25) is 9.69 Å². The summed E-state index contributed by atoms with van der Waals surface area (Å²) in [6, 6.07) is 17.6.